The van der Waals surface area contributed by atoms with Crippen LogP contribution in [0.1, 0.15) is 35.1 Å². The second-order valence-electron chi connectivity index (χ2n) is 6.12. The molecular weight excluding hydrogens is 324 g/mol. The Labute approximate surface area is 145 Å². The number of hydrogen-bond donors (Lipinski definition) is 4. The topological polar surface area (TPSA) is 99.4 Å². The van der Waals surface area contributed by atoms with Gasteiger partial charge in [-0.1, -0.05) is 12.1 Å². The summed E-state index contributed by atoms with van der Waals surface area (Å²) in [6, 6.07) is 8.42. The smallest absolute Gasteiger partial charge is 0.165 e. The molecule has 0 amide bonds. The van der Waals surface area contributed by atoms with Crippen LogP contribution in [0.15, 0.2) is 30.3 Å². The fourth-order valence-electron chi connectivity index (χ4n) is 3.27. The van der Waals surface area contributed by atoms with E-state index in [1.165, 1.54) is 13.2 Å². The number of aryl methyl sites for hydroxylation is 1. The summed E-state index contributed by atoms with van der Waals surface area (Å²) in [5.74, 6) is 0.392. The number of aromatic hydroxyl groups is 2. The lowest BCUT2D eigenvalue weighted by atomic mass is 9.90. The van der Waals surface area contributed by atoms with Crippen molar-refractivity contribution in [3.63, 3.8) is 0 Å². The Morgan fingerprint density at radius 1 is 1.08 bits per heavy atom. The van der Waals surface area contributed by atoms with Gasteiger partial charge in [-0.25, -0.2) is 0 Å². The summed E-state index contributed by atoms with van der Waals surface area (Å²) in [4.78, 5) is 0. The van der Waals surface area contributed by atoms with E-state index >= 15 is 0 Å². The lowest BCUT2D eigenvalue weighted by Gasteiger charge is -2.18. The maximum atomic E-state index is 10.3. The molecule has 0 unspecified atom stereocenters. The van der Waals surface area contributed by atoms with Gasteiger partial charge in [-0.05, 0) is 42.2 Å². The molecule has 1 aliphatic rings. The molecule has 2 atom stereocenters. The molecule has 2 aromatic rings. The first-order valence-electron chi connectivity index (χ1n) is 8.20. The summed E-state index contributed by atoms with van der Waals surface area (Å²) < 4.78 is 11.1. The Hall–Kier alpha value is -2.44. The summed E-state index contributed by atoms with van der Waals surface area (Å²) >= 11 is 0. The Bertz CT molecular complexity index is 758. The highest BCUT2D eigenvalue weighted by atomic mass is 16.5. The van der Waals surface area contributed by atoms with E-state index in [9.17, 15) is 15.3 Å². The van der Waals surface area contributed by atoms with Crippen LogP contribution in [0.2, 0.25) is 0 Å². The second-order valence-corrected chi connectivity index (χ2v) is 6.12. The number of hydrogen-bond acceptors (Lipinski definition) is 6. The van der Waals surface area contributed by atoms with E-state index in [4.69, 9.17) is 14.6 Å². The van der Waals surface area contributed by atoms with Crippen molar-refractivity contribution in [2.24, 2.45) is 0 Å². The van der Waals surface area contributed by atoms with E-state index in [1.54, 1.807) is 18.2 Å². The van der Waals surface area contributed by atoms with Crippen molar-refractivity contribution in [2.75, 3.05) is 20.3 Å². The maximum Gasteiger partial charge on any atom is 0.165 e. The Morgan fingerprint density at radius 3 is 2.56 bits per heavy atom. The molecule has 6 heteroatoms. The van der Waals surface area contributed by atoms with Crippen LogP contribution >= 0.6 is 0 Å². The first-order chi connectivity index (χ1) is 12.1. The van der Waals surface area contributed by atoms with Crippen molar-refractivity contribution >= 4 is 0 Å². The van der Waals surface area contributed by atoms with Crippen LogP contribution in [-0.4, -0.2) is 40.7 Å². The minimum absolute atomic E-state index is 0.0245. The minimum atomic E-state index is -0.492. The quantitative estimate of drug-likeness (QED) is 0.640. The van der Waals surface area contributed by atoms with Crippen LogP contribution in [0.25, 0.3) is 0 Å². The van der Waals surface area contributed by atoms with Gasteiger partial charge in [0.15, 0.2) is 23.0 Å². The Morgan fingerprint density at radius 2 is 1.88 bits per heavy atom. The number of rotatable bonds is 6. The van der Waals surface area contributed by atoms with Crippen molar-refractivity contribution in [1.82, 2.24) is 0 Å². The Balaban J connectivity index is 1.97. The van der Waals surface area contributed by atoms with Crippen LogP contribution in [-0.2, 0) is 6.42 Å². The maximum absolute atomic E-state index is 10.3. The lowest BCUT2D eigenvalue weighted by molar-refractivity contribution is 0.157. The van der Waals surface area contributed by atoms with Gasteiger partial charge in [0.2, 0.25) is 0 Å². The molecule has 6 nitrogen and oxygen atoms in total. The van der Waals surface area contributed by atoms with Crippen LogP contribution < -0.4 is 9.47 Å². The summed E-state index contributed by atoms with van der Waals surface area (Å²) in [5.41, 5.74) is 2.37. The van der Waals surface area contributed by atoms with Crippen LogP contribution in [0.5, 0.6) is 23.0 Å². The number of aliphatic hydroxyl groups is 2. The van der Waals surface area contributed by atoms with E-state index in [2.05, 4.69) is 0 Å². The van der Waals surface area contributed by atoms with Gasteiger partial charge in [-0.3, -0.25) is 0 Å². The number of fused-ring (bicyclic) bond motifs is 1. The van der Waals surface area contributed by atoms with Gasteiger partial charge in [0.05, 0.1) is 19.6 Å². The monoisotopic (exact) mass is 346 g/mol. The predicted molar refractivity (Wildman–Crippen MR) is 91.4 cm³/mol. The van der Waals surface area contributed by atoms with E-state index in [-0.39, 0.29) is 30.6 Å². The van der Waals surface area contributed by atoms with E-state index < -0.39 is 6.10 Å². The number of benzene rings is 2. The number of phenolic OH excluding ortho intramolecular Hbond substituents is 2. The summed E-state index contributed by atoms with van der Waals surface area (Å²) in [6.07, 6.45) is 0.739. The highest BCUT2D eigenvalue weighted by molar-refractivity contribution is 5.55. The molecule has 25 heavy (non-hydrogen) atoms. The van der Waals surface area contributed by atoms with E-state index in [0.29, 0.717) is 24.3 Å². The van der Waals surface area contributed by atoms with Gasteiger partial charge in [-0.2, -0.15) is 0 Å². The standard InChI is InChI=1S/C19H22O6/c1-24-17-9-12(4-5-15(17)22)18-14(10-21)13-7-11(3-2-6-20)8-16(23)19(13)25-18/h4-5,7-9,14,18,20-23H,2-3,6,10H2,1H3/t14-,18+/m0/s1. The SMILES string of the molecule is COc1cc([C@H]2Oc3c(O)cc(CCCO)cc3[C@@H]2CO)ccc1O. The molecule has 0 bridgehead atoms. The van der Waals surface area contributed by atoms with Crippen molar-refractivity contribution in [1.29, 1.82) is 0 Å². The lowest BCUT2D eigenvalue weighted by Crippen LogP contribution is -2.13. The minimum Gasteiger partial charge on any atom is -0.504 e. The number of ether oxygens (including phenoxy) is 2. The zero-order chi connectivity index (χ0) is 18.0. The van der Waals surface area contributed by atoms with Gasteiger partial charge in [-0.15, -0.1) is 0 Å². The molecule has 0 radical (unpaired) electrons. The average molecular weight is 346 g/mol. The zero-order valence-electron chi connectivity index (χ0n) is 14.0. The molecule has 0 aliphatic carbocycles. The summed E-state index contributed by atoms with van der Waals surface area (Å²) in [7, 11) is 1.46. The Kier molecular flexibility index (Phi) is 5.01. The molecule has 1 heterocycles. The molecule has 0 saturated heterocycles. The summed E-state index contributed by atoms with van der Waals surface area (Å²) in [6.45, 7) is -0.0720. The normalized spacial score (nSPS) is 18.7. The highest BCUT2D eigenvalue weighted by Gasteiger charge is 2.37. The van der Waals surface area contributed by atoms with E-state index in [0.717, 1.165) is 16.7 Å². The first-order valence-corrected chi connectivity index (χ1v) is 8.20. The molecule has 0 spiro atoms. The average Bonchev–Trinajstić information content (AvgIpc) is 2.99. The molecule has 0 aromatic heterocycles. The van der Waals surface area contributed by atoms with Crippen LogP contribution in [0, 0.1) is 0 Å². The fourth-order valence-corrected chi connectivity index (χ4v) is 3.27. The van der Waals surface area contributed by atoms with Crippen molar-refractivity contribution in [3.8, 4) is 23.0 Å². The van der Waals surface area contributed by atoms with Crippen molar-refractivity contribution < 1.29 is 29.9 Å². The number of methoxy groups -OCH3 is 1. The molecule has 3 rings (SSSR count). The van der Waals surface area contributed by atoms with E-state index in [1.807, 2.05) is 6.07 Å². The third kappa shape index (κ3) is 3.23. The van der Waals surface area contributed by atoms with Crippen molar-refractivity contribution in [3.05, 3.63) is 47.0 Å². The highest BCUT2D eigenvalue weighted by Crippen LogP contribution is 2.51. The molecule has 0 saturated carbocycles. The zero-order valence-corrected chi connectivity index (χ0v) is 14.0. The third-order valence-electron chi connectivity index (χ3n) is 4.52. The largest absolute Gasteiger partial charge is 0.504 e. The van der Waals surface area contributed by atoms with Gasteiger partial charge in [0, 0.05) is 12.2 Å². The molecule has 2 aromatic carbocycles. The van der Waals surface area contributed by atoms with Crippen LogP contribution in [0.4, 0.5) is 0 Å². The molecular formula is C19H22O6. The second kappa shape index (κ2) is 7.21. The molecule has 4 N–H and O–H groups in total. The van der Waals surface area contributed by atoms with Gasteiger partial charge >= 0.3 is 0 Å². The number of aliphatic hydroxyl groups excluding tert-OH is 2. The molecule has 1 aliphatic heterocycles. The van der Waals surface area contributed by atoms with Crippen LogP contribution in [0.3, 0.4) is 0 Å². The molecule has 134 valence electrons. The molecule has 0 fully saturated rings. The number of phenols is 2. The van der Waals surface area contributed by atoms with Crippen molar-refractivity contribution in [2.45, 2.75) is 24.9 Å². The van der Waals surface area contributed by atoms with Gasteiger partial charge in [0.25, 0.3) is 0 Å². The van der Waals surface area contributed by atoms with Gasteiger partial charge < -0.3 is 29.9 Å². The first kappa shape index (κ1) is 17.4. The predicted octanol–water partition coefficient (Wildman–Crippen LogP) is 2.24. The summed E-state index contributed by atoms with van der Waals surface area (Å²) in [5, 5.41) is 39.0. The van der Waals surface area contributed by atoms with Gasteiger partial charge in [0.1, 0.15) is 6.10 Å². The third-order valence-corrected chi connectivity index (χ3v) is 4.52. The fraction of sp³-hybridized carbons (Fsp3) is 0.368.